The maximum Gasteiger partial charge on any atom is 0.472 e. The lowest BCUT2D eigenvalue weighted by Crippen LogP contribution is -2.45. The Bertz CT molecular complexity index is 1870. The fourth-order valence-corrected chi connectivity index (χ4v) is 9.21. The van der Waals surface area contributed by atoms with E-state index >= 15 is 0 Å². The summed E-state index contributed by atoms with van der Waals surface area (Å²) in [4.78, 5) is 23.3. The molecule has 0 heterocycles. The van der Waals surface area contributed by atoms with Gasteiger partial charge in [-0.25, -0.2) is 4.57 Å². The van der Waals surface area contributed by atoms with Crippen LogP contribution in [0.4, 0.5) is 0 Å². The monoisotopic (exact) mass is 1140 g/mol. The molecule has 0 radical (unpaired) electrons. The topological polar surface area (TPSA) is 105 Å². The number of allylic oxidation sites excluding steroid dienone is 25. The molecule has 0 aromatic heterocycles. The molecule has 3 N–H and O–H groups in total. The zero-order chi connectivity index (χ0) is 59.1. The quantitative estimate of drug-likeness (QED) is 0.0243. The smallest absolute Gasteiger partial charge is 0.387 e. The number of amides is 1. The molecule has 3 atom stereocenters. The van der Waals surface area contributed by atoms with Crippen molar-refractivity contribution < 1.29 is 32.9 Å². The Morgan fingerprint density at radius 3 is 1.14 bits per heavy atom. The third kappa shape index (κ3) is 63.5. The fourth-order valence-electron chi connectivity index (χ4n) is 8.47. The molecular formula is C72H122N2O6P+. The average molecular weight is 1140 g/mol. The lowest BCUT2D eigenvalue weighted by molar-refractivity contribution is -0.870. The number of carbonyl (C=O) groups excluding carboxylic acids is 1. The lowest BCUT2D eigenvalue weighted by atomic mass is 10.0. The molecule has 9 heteroatoms. The number of hydrogen-bond acceptors (Lipinski definition) is 5. The summed E-state index contributed by atoms with van der Waals surface area (Å²) in [5, 5.41) is 13.9. The third-order valence-electron chi connectivity index (χ3n) is 13.5. The molecule has 0 bridgehead atoms. The summed E-state index contributed by atoms with van der Waals surface area (Å²) in [6.45, 7) is 4.65. The zero-order valence-corrected chi connectivity index (χ0v) is 53.4. The Hall–Kier alpha value is -3.88. The Balaban J connectivity index is 4.31. The number of aliphatic hydroxyl groups is 1. The molecule has 0 saturated carbocycles. The molecule has 460 valence electrons. The van der Waals surface area contributed by atoms with Gasteiger partial charge >= 0.3 is 7.82 Å². The summed E-state index contributed by atoms with van der Waals surface area (Å²) in [6, 6.07) is -0.895. The van der Waals surface area contributed by atoms with Crippen LogP contribution < -0.4 is 5.32 Å². The first-order valence-corrected chi connectivity index (χ1v) is 33.9. The van der Waals surface area contributed by atoms with Crippen LogP contribution in [0.5, 0.6) is 0 Å². The van der Waals surface area contributed by atoms with Crippen LogP contribution in [0.15, 0.2) is 158 Å². The lowest BCUT2D eigenvalue weighted by Gasteiger charge is -2.25. The molecule has 81 heavy (non-hydrogen) atoms. The normalized spacial score (nSPS) is 14.8. The van der Waals surface area contributed by atoms with E-state index in [2.05, 4.69) is 165 Å². The second-order valence-electron chi connectivity index (χ2n) is 22.4. The van der Waals surface area contributed by atoms with Crippen molar-refractivity contribution in [1.82, 2.24) is 5.32 Å². The van der Waals surface area contributed by atoms with Crippen LogP contribution in [0.2, 0.25) is 0 Å². The standard InChI is InChI=1S/C72H121N2O6P/c1-6-8-10-12-14-16-18-20-22-24-26-28-30-31-32-33-34-35-36-37-38-39-40-41-42-43-44-46-48-50-52-54-56-58-60-62-64-66-72(76)73-70(69-80-81(77,78)79-68-67-74(3,4)5)71(75)65-63-61-59-57-55-53-51-49-47-45-29-27-25-23-21-19-17-15-13-11-9-7-2/h8,10,14,16,20,22,26,28,31-32,34-35,37-38,40-41,43-44,48,50,54-57,63,65,70-71,75H,6-7,9,11-13,15,17-19,21,23-25,27,29-30,33,36,39,42,45-47,49,51-53,58-62,64,66-69H2,1-5H3,(H-,73,76,77,78)/p+1/b10-8-,16-14-,22-20-,28-26-,32-31-,35-34-,38-37-,41-40-,44-43-,50-48-,56-54-,57-55+,65-63+. The van der Waals surface area contributed by atoms with E-state index in [1.165, 1.54) is 103 Å². The van der Waals surface area contributed by atoms with Crippen LogP contribution in [-0.2, 0) is 18.4 Å². The van der Waals surface area contributed by atoms with E-state index in [0.717, 1.165) is 109 Å². The number of phosphoric ester groups is 1. The third-order valence-corrected chi connectivity index (χ3v) is 14.5. The van der Waals surface area contributed by atoms with Crippen LogP contribution in [0.25, 0.3) is 0 Å². The molecule has 0 aliphatic carbocycles. The van der Waals surface area contributed by atoms with Gasteiger partial charge in [-0.05, 0) is 116 Å². The highest BCUT2D eigenvalue weighted by molar-refractivity contribution is 7.47. The predicted molar refractivity (Wildman–Crippen MR) is 354 cm³/mol. The van der Waals surface area contributed by atoms with E-state index in [1.54, 1.807) is 6.08 Å². The number of unbranched alkanes of at least 4 members (excludes halogenated alkanes) is 20. The van der Waals surface area contributed by atoms with Crippen LogP contribution >= 0.6 is 7.82 Å². The number of phosphoric acid groups is 1. The molecule has 0 aliphatic rings. The molecule has 1 amide bonds. The van der Waals surface area contributed by atoms with Crippen LogP contribution in [-0.4, -0.2) is 73.4 Å². The predicted octanol–water partition coefficient (Wildman–Crippen LogP) is 20.6. The van der Waals surface area contributed by atoms with E-state index in [4.69, 9.17) is 9.05 Å². The van der Waals surface area contributed by atoms with Crippen LogP contribution in [0, 0.1) is 0 Å². The van der Waals surface area contributed by atoms with E-state index < -0.39 is 20.0 Å². The molecule has 0 aromatic rings. The van der Waals surface area contributed by atoms with E-state index in [9.17, 15) is 19.4 Å². The molecule has 0 aromatic carbocycles. The Morgan fingerprint density at radius 1 is 0.432 bits per heavy atom. The molecule has 0 rings (SSSR count). The van der Waals surface area contributed by atoms with Crippen molar-refractivity contribution in [3.05, 3.63) is 158 Å². The number of likely N-dealkylation sites (N-methyl/N-ethyl adjacent to an activating group) is 1. The van der Waals surface area contributed by atoms with Gasteiger partial charge in [-0.2, -0.15) is 0 Å². The summed E-state index contributed by atoms with van der Waals surface area (Å²) in [7, 11) is 1.51. The van der Waals surface area contributed by atoms with Gasteiger partial charge in [0, 0.05) is 6.42 Å². The number of quaternary nitrogens is 1. The first kappa shape index (κ1) is 77.1. The number of aliphatic hydroxyl groups excluding tert-OH is 1. The van der Waals surface area contributed by atoms with Gasteiger partial charge in [-0.1, -0.05) is 275 Å². The molecule has 0 aliphatic heterocycles. The second kappa shape index (κ2) is 60.7. The summed E-state index contributed by atoms with van der Waals surface area (Å²) in [5.41, 5.74) is 0. The van der Waals surface area contributed by atoms with Gasteiger partial charge < -0.3 is 19.8 Å². The minimum Gasteiger partial charge on any atom is -0.387 e. The van der Waals surface area contributed by atoms with Crippen molar-refractivity contribution in [2.24, 2.45) is 0 Å². The molecule has 8 nitrogen and oxygen atoms in total. The first-order chi connectivity index (χ1) is 39.5. The van der Waals surface area contributed by atoms with Crippen LogP contribution in [0.1, 0.15) is 239 Å². The van der Waals surface area contributed by atoms with Gasteiger partial charge in [0.1, 0.15) is 13.2 Å². The van der Waals surface area contributed by atoms with Crippen molar-refractivity contribution >= 4 is 13.7 Å². The summed E-state index contributed by atoms with van der Waals surface area (Å²) in [6.07, 6.45) is 95.1. The first-order valence-electron chi connectivity index (χ1n) is 32.4. The van der Waals surface area contributed by atoms with Crippen molar-refractivity contribution in [3.63, 3.8) is 0 Å². The largest absolute Gasteiger partial charge is 0.472 e. The number of rotatable bonds is 57. The summed E-state index contributed by atoms with van der Waals surface area (Å²) >= 11 is 0. The number of hydrogen-bond donors (Lipinski definition) is 3. The van der Waals surface area contributed by atoms with Gasteiger partial charge in [0.05, 0.1) is 39.9 Å². The highest BCUT2D eigenvalue weighted by Gasteiger charge is 2.27. The van der Waals surface area contributed by atoms with Gasteiger partial charge in [0.25, 0.3) is 0 Å². The molecule has 0 fully saturated rings. The van der Waals surface area contributed by atoms with Gasteiger partial charge in [-0.3, -0.25) is 13.8 Å². The van der Waals surface area contributed by atoms with Crippen molar-refractivity contribution in [1.29, 1.82) is 0 Å². The summed E-state index contributed by atoms with van der Waals surface area (Å²) < 4.78 is 23.7. The van der Waals surface area contributed by atoms with Crippen molar-refractivity contribution in [2.45, 2.75) is 251 Å². The van der Waals surface area contributed by atoms with E-state index in [0.29, 0.717) is 23.9 Å². The second-order valence-corrected chi connectivity index (χ2v) is 23.8. The Kier molecular flexibility index (Phi) is 57.8. The zero-order valence-electron chi connectivity index (χ0n) is 52.5. The number of nitrogens with one attached hydrogen (secondary N) is 1. The van der Waals surface area contributed by atoms with E-state index in [1.807, 2.05) is 27.2 Å². The number of nitrogens with zero attached hydrogens (tertiary/aromatic N) is 1. The van der Waals surface area contributed by atoms with Crippen molar-refractivity contribution in [2.75, 3.05) is 40.9 Å². The SMILES string of the molecule is CC/C=C\C/C=C\C/C=C\C/C=C\C/C=C\C/C=C\C/C=C\C/C=C\C/C=C\C/C=C\C/C=C\CCCCCC(=O)NC(COP(=O)(O)OCC[N+](C)(C)C)C(O)/C=C/CC/C=C/CCCCCCCCCCCCCCCCCC. The minimum absolute atomic E-state index is 0.0407. The van der Waals surface area contributed by atoms with Gasteiger partial charge in [0.2, 0.25) is 5.91 Å². The molecule has 0 spiro atoms. The summed E-state index contributed by atoms with van der Waals surface area (Å²) in [5.74, 6) is -0.224. The highest BCUT2D eigenvalue weighted by Crippen LogP contribution is 2.43. The molecular weight excluding hydrogens is 1020 g/mol. The van der Waals surface area contributed by atoms with Crippen LogP contribution in [0.3, 0.4) is 0 Å². The molecule has 3 unspecified atom stereocenters. The van der Waals surface area contributed by atoms with Gasteiger partial charge in [-0.15, -0.1) is 0 Å². The number of carbonyl (C=O) groups is 1. The van der Waals surface area contributed by atoms with E-state index in [-0.39, 0.29) is 19.1 Å². The maximum atomic E-state index is 13.0. The molecule has 0 saturated heterocycles. The maximum absolute atomic E-state index is 13.0. The highest BCUT2D eigenvalue weighted by atomic mass is 31.2. The van der Waals surface area contributed by atoms with Gasteiger partial charge in [0.15, 0.2) is 0 Å². The minimum atomic E-state index is -4.38. The fraction of sp³-hybridized carbons (Fsp3) is 0.625. The Morgan fingerprint density at radius 2 is 0.753 bits per heavy atom. The average Bonchev–Trinajstić information content (AvgIpc) is 3.43. The van der Waals surface area contributed by atoms with Crippen molar-refractivity contribution in [3.8, 4) is 0 Å². The Labute approximate surface area is 499 Å².